The molecule has 0 radical (unpaired) electrons. The van der Waals surface area contributed by atoms with E-state index in [1.807, 2.05) is 17.5 Å². The Hall–Kier alpha value is -0.900. The Bertz CT molecular complexity index is 467. The van der Waals surface area contributed by atoms with Gasteiger partial charge in [-0.1, -0.05) is 11.6 Å². The molecule has 2 rings (SSSR count). The smallest absolute Gasteiger partial charge is 0.0802 e. The van der Waals surface area contributed by atoms with Crippen molar-refractivity contribution >= 4 is 22.9 Å². The number of aryl methyl sites for hydroxylation is 1. The highest BCUT2D eigenvalue weighted by molar-refractivity contribution is 7.10. The lowest BCUT2D eigenvalue weighted by Crippen LogP contribution is -2.14. The highest BCUT2D eigenvalue weighted by Crippen LogP contribution is 2.28. The molecule has 0 aliphatic rings. The Kier molecular flexibility index (Phi) is 3.05. The minimum Gasteiger partial charge on any atom is -0.319 e. The van der Waals surface area contributed by atoms with Gasteiger partial charge in [-0.2, -0.15) is 0 Å². The summed E-state index contributed by atoms with van der Waals surface area (Å²) in [7, 11) is 0. The Morgan fingerprint density at radius 3 is 2.87 bits per heavy atom. The summed E-state index contributed by atoms with van der Waals surface area (Å²) < 4.78 is 0. The van der Waals surface area contributed by atoms with Gasteiger partial charge in [-0.3, -0.25) is 4.98 Å². The monoisotopic (exact) mass is 238 g/mol. The van der Waals surface area contributed by atoms with Crippen LogP contribution in [0.3, 0.4) is 0 Å². The van der Waals surface area contributed by atoms with Crippen molar-refractivity contribution in [3.8, 4) is 0 Å². The van der Waals surface area contributed by atoms with Crippen molar-refractivity contribution in [2.75, 3.05) is 0 Å². The van der Waals surface area contributed by atoms with Gasteiger partial charge in [0, 0.05) is 11.1 Å². The van der Waals surface area contributed by atoms with Gasteiger partial charge < -0.3 is 5.73 Å². The first-order valence-corrected chi connectivity index (χ1v) is 5.86. The Morgan fingerprint density at radius 2 is 2.27 bits per heavy atom. The van der Waals surface area contributed by atoms with Crippen LogP contribution >= 0.6 is 22.9 Å². The molecule has 0 saturated heterocycles. The van der Waals surface area contributed by atoms with Gasteiger partial charge in [-0.15, -0.1) is 11.3 Å². The summed E-state index contributed by atoms with van der Waals surface area (Å²) in [5.74, 6) is 0. The summed E-state index contributed by atoms with van der Waals surface area (Å²) in [5, 5.41) is 2.65. The number of hydrogen-bond acceptors (Lipinski definition) is 3. The first-order chi connectivity index (χ1) is 7.20. The fourth-order valence-electron chi connectivity index (χ4n) is 1.49. The van der Waals surface area contributed by atoms with Gasteiger partial charge >= 0.3 is 0 Å². The third-order valence-corrected chi connectivity index (χ3v) is 3.50. The minimum absolute atomic E-state index is 0.232. The maximum absolute atomic E-state index is 6.12. The van der Waals surface area contributed by atoms with Crippen LogP contribution in [0.5, 0.6) is 0 Å². The summed E-state index contributed by atoms with van der Waals surface area (Å²) in [6.07, 6.45) is 1.71. The van der Waals surface area contributed by atoms with E-state index < -0.39 is 0 Å². The second-order valence-electron chi connectivity index (χ2n) is 3.28. The lowest BCUT2D eigenvalue weighted by atomic mass is 10.1. The number of nitrogens with zero attached hydrogens (tertiary/aromatic N) is 1. The fourth-order valence-corrected chi connectivity index (χ4v) is 2.48. The summed E-state index contributed by atoms with van der Waals surface area (Å²) in [6.45, 7) is 2.05. The molecule has 2 heterocycles. The molecule has 0 fully saturated rings. The van der Waals surface area contributed by atoms with Gasteiger partial charge in [0.2, 0.25) is 0 Å². The molecule has 2 aromatic rings. The largest absolute Gasteiger partial charge is 0.319 e. The average Bonchev–Trinajstić information content (AvgIpc) is 2.64. The molecule has 2 nitrogen and oxygen atoms in total. The number of aromatic nitrogens is 1. The van der Waals surface area contributed by atoms with Crippen molar-refractivity contribution in [3.63, 3.8) is 0 Å². The van der Waals surface area contributed by atoms with Crippen LogP contribution in [-0.2, 0) is 0 Å². The van der Waals surface area contributed by atoms with Crippen molar-refractivity contribution in [2.24, 2.45) is 5.73 Å². The molecule has 78 valence electrons. The molecular formula is C11H11ClN2S. The summed E-state index contributed by atoms with van der Waals surface area (Å²) in [6, 6.07) is 5.41. The predicted molar refractivity (Wildman–Crippen MR) is 64.3 cm³/mol. The number of hydrogen-bond donors (Lipinski definition) is 1. The van der Waals surface area contributed by atoms with Gasteiger partial charge in [0.25, 0.3) is 0 Å². The van der Waals surface area contributed by atoms with Crippen LogP contribution in [-0.4, -0.2) is 4.98 Å². The molecule has 0 saturated carbocycles. The molecule has 4 heteroatoms. The van der Waals surface area contributed by atoms with E-state index in [0.717, 1.165) is 11.3 Å². The van der Waals surface area contributed by atoms with Gasteiger partial charge in [0.15, 0.2) is 0 Å². The molecule has 15 heavy (non-hydrogen) atoms. The number of halogens is 1. The third kappa shape index (κ3) is 2.04. The molecule has 0 bridgehead atoms. The van der Waals surface area contributed by atoms with Crippen LogP contribution in [0.1, 0.15) is 22.2 Å². The predicted octanol–water partition coefficient (Wildman–Crippen LogP) is 3.15. The van der Waals surface area contributed by atoms with Crippen LogP contribution in [0, 0.1) is 6.92 Å². The van der Waals surface area contributed by atoms with E-state index in [9.17, 15) is 0 Å². The summed E-state index contributed by atoms with van der Waals surface area (Å²) in [5.41, 5.74) is 7.96. The second kappa shape index (κ2) is 4.31. The molecule has 0 aliphatic carbocycles. The fraction of sp³-hybridized carbons (Fsp3) is 0.182. The van der Waals surface area contributed by atoms with Crippen LogP contribution in [0.15, 0.2) is 29.8 Å². The highest BCUT2D eigenvalue weighted by Gasteiger charge is 2.15. The standard InChI is InChI=1S/C11H11ClN2S/c1-7-8(4-6-15-7)10(13)11-9(12)3-2-5-14-11/h2-6,10H,13H2,1H3. The lowest BCUT2D eigenvalue weighted by molar-refractivity contribution is 0.827. The zero-order chi connectivity index (χ0) is 10.8. The minimum atomic E-state index is -0.232. The van der Waals surface area contributed by atoms with Crippen molar-refractivity contribution in [1.82, 2.24) is 4.98 Å². The average molecular weight is 239 g/mol. The van der Waals surface area contributed by atoms with Crippen LogP contribution in [0.2, 0.25) is 5.02 Å². The molecule has 2 N–H and O–H groups in total. The highest BCUT2D eigenvalue weighted by atomic mass is 35.5. The first-order valence-electron chi connectivity index (χ1n) is 4.60. The van der Waals surface area contributed by atoms with E-state index >= 15 is 0 Å². The normalized spacial score (nSPS) is 12.7. The lowest BCUT2D eigenvalue weighted by Gasteiger charge is -2.12. The molecule has 1 atom stereocenters. The van der Waals surface area contributed by atoms with Gasteiger partial charge in [-0.05, 0) is 36.1 Å². The number of rotatable bonds is 2. The Balaban J connectivity index is 2.41. The van der Waals surface area contributed by atoms with Crippen molar-refractivity contribution < 1.29 is 0 Å². The second-order valence-corrected chi connectivity index (χ2v) is 4.81. The van der Waals surface area contributed by atoms with E-state index in [0.29, 0.717) is 5.02 Å². The SMILES string of the molecule is Cc1sccc1C(N)c1ncccc1Cl. The zero-order valence-corrected chi connectivity index (χ0v) is 9.85. The van der Waals surface area contributed by atoms with Crippen LogP contribution < -0.4 is 5.73 Å². The van der Waals surface area contributed by atoms with Crippen molar-refractivity contribution in [2.45, 2.75) is 13.0 Å². The topological polar surface area (TPSA) is 38.9 Å². The molecule has 0 amide bonds. The number of pyridine rings is 1. The van der Waals surface area contributed by atoms with Gasteiger partial charge in [-0.25, -0.2) is 0 Å². The van der Waals surface area contributed by atoms with Crippen molar-refractivity contribution in [3.05, 3.63) is 50.9 Å². The molecular weight excluding hydrogens is 228 g/mol. The quantitative estimate of drug-likeness (QED) is 0.873. The molecule has 2 aromatic heterocycles. The Labute approximate surface area is 97.7 Å². The van der Waals surface area contributed by atoms with Crippen molar-refractivity contribution in [1.29, 1.82) is 0 Å². The summed E-state index contributed by atoms with van der Waals surface area (Å²) >= 11 is 7.73. The molecule has 0 spiro atoms. The van der Waals surface area contributed by atoms with Gasteiger partial charge in [0.05, 0.1) is 16.8 Å². The number of thiophene rings is 1. The Morgan fingerprint density at radius 1 is 1.47 bits per heavy atom. The van der Waals surface area contributed by atoms with Crippen LogP contribution in [0.25, 0.3) is 0 Å². The van der Waals surface area contributed by atoms with E-state index in [1.54, 1.807) is 23.6 Å². The zero-order valence-electron chi connectivity index (χ0n) is 8.27. The summed E-state index contributed by atoms with van der Waals surface area (Å²) in [4.78, 5) is 5.44. The van der Waals surface area contributed by atoms with E-state index in [1.165, 1.54) is 4.88 Å². The third-order valence-electron chi connectivity index (χ3n) is 2.32. The van der Waals surface area contributed by atoms with Gasteiger partial charge in [0.1, 0.15) is 0 Å². The van der Waals surface area contributed by atoms with E-state index in [2.05, 4.69) is 11.9 Å². The first kappa shape index (κ1) is 10.6. The molecule has 0 aromatic carbocycles. The van der Waals surface area contributed by atoms with E-state index in [4.69, 9.17) is 17.3 Å². The van der Waals surface area contributed by atoms with E-state index in [-0.39, 0.29) is 6.04 Å². The maximum Gasteiger partial charge on any atom is 0.0802 e. The molecule has 1 unspecified atom stereocenters. The molecule has 0 aliphatic heterocycles. The number of nitrogens with two attached hydrogens (primary N) is 1. The van der Waals surface area contributed by atoms with Crippen LogP contribution in [0.4, 0.5) is 0 Å². The maximum atomic E-state index is 6.12.